The summed E-state index contributed by atoms with van der Waals surface area (Å²) in [5.41, 5.74) is -1.51. The van der Waals surface area contributed by atoms with Crippen molar-refractivity contribution in [2.24, 2.45) is 0 Å². The van der Waals surface area contributed by atoms with Crippen molar-refractivity contribution in [2.75, 3.05) is 0 Å². The lowest BCUT2D eigenvalue weighted by Crippen LogP contribution is -2.10. The summed E-state index contributed by atoms with van der Waals surface area (Å²) in [6.45, 7) is 0. The highest BCUT2D eigenvalue weighted by atomic mass is 32.2. The Balaban J connectivity index is 2.40. The minimum atomic E-state index is -4.64. The Hall–Kier alpha value is -2.56. The van der Waals surface area contributed by atoms with Gasteiger partial charge in [0.1, 0.15) is 6.20 Å². The number of rotatable bonds is 3. The fourth-order valence-electron chi connectivity index (χ4n) is 1.45. The Labute approximate surface area is 121 Å². The summed E-state index contributed by atoms with van der Waals surface area (Å²) in [5, 5.41) is 9.27. The number of sulfone groups is 1. The fourth-order valence-corrected chi connectivity index (χ4v) is 2.55. The monoisotopic (exact) mass is 333 g/mol. The molecule has 2 heterocycles. The van der Waals surface area contributed by atoms with Gasteiger partial charge in [-0.1, -0.05) is 0 Å². The quantitative estimate of drug-likeness (QED) is 0.630. The van der Waals surface area contributed by atoms with E-state index in [0.717, 1.165) is 18.3 Å². The predicted octanol–water partition coefficient (Wildman–Crippen LogP) is 2.24. The van der Waals surface area contributed by atoms with E-state index in [1.165, 1.54) is 0 Å². The molecule has 116 valence electrons. The van der Waals surface area contributed by atoms with Gasteiger partial charge in [0.15, 0.2) is 10.1 Å². The van der Waals surface area contributed by atoms with Crippen molar-refractivity contribution < 1.29 is 26.5 Å². The number of hydrogen-bond acceptors (Lipinski definition) is 6. The van der Waals surface area contributed by atoms with Gasteiger partial charge >= 0.3 is 6.18 Å². The Bertz CT molecular complexity index is 802. The summed E-state index contributed by atoms with van der Waals surface area (Å²) in [6, 6.07) is 3.07. The topological polar surface area (TPSA) is 103 Å². The molecule has 0 aliphatic carbocycles. The van der Waals surface area contributed by atoms with Crippen LogP contribution in [0, 0.1) is 10.1 Å². The summed E-state index contributed by atoms with van der Waals surface area (Å²) in [5.74, 6) is 0. The van der Waals surface area contributed by atoms with Crippen LogP contribution in [0.4, 0.5) is 18.9 Å². The first-order valence-corrected chi connectivity index (χ1v) is 6.99. The van der Waals surface area contributed by atoms with Crippen LogP contribution in [0.5, 0.6) is 0 Å². The molecule has 0 aliphatic heterocycles. The summed E-state index contributed by atoms with van der Waals surface area (Å²) in [4.78, 5) is 16.4. The van der Waals surface area contributed by atoms with E-state index in [1.807, 2.05) is 0 Å². The van der Waals surface area contributed by atoms with Gasteiger partial charge in [-0.2, -0.15) is 13.2 Å². The number of pyridine rings is 2. The lowest BCUT2D eigenvalue weighted by atomic mass is 10.3. The fraction of sp³-hybridized carbons (Fsp3) is 0.0909. The van der Waals surface area contributed by atoms with Gasteiger partial charge in [0, 0.05) is 12.3 Å². The molecule has 0 unspecified atom stereocenters. The van der Waals surface area contributed by atoms with E-state index in [-0.39, 0.29) is 0 Å². The highest BCUT2D eigenvalue weighted by Crippen LogP contribution is 2.29. The third-order valence-corrected chi connectivity index (χ3v) is 4.13. The molecule has 7 nitrogen and oxygen atoms in total. The number of aromatic nitrogens is 2. The Morgan fingerprint density at radius 2 is 1.55 bits per heavy atom. The van der Waals surface area contributed by atoms with Crippen LogP contribution >= 0.6 is 0 Å². The molecule has 0 amide bonds. The van der Waals surface area contributed by atoms with Crippen LogP contribution in [0.15, 0.2) is 46.7 Å². The second-order valence-electron chi connectivity index (χ2n) is 4.00. The number of hydrogen-bond donors (Lipinski definition) is 0. The lowest BCUT2D eigenvalue weighted by molar-refractivity contribution is -0.385. The molecule has 0 fully saturated rings. The second kappa shape index (κ2) is 5.33. The number of nitro groups is 1. The zero-order valence-electron chi connectivity index (χ0n) is 10.5. The van der Waals surface area contributed by atoms with Gasteiger partial charge in [-0.15, -0.1) is 0 Å². The van der Waals surface area contributed by atoms with Crippen LogP contribution in [0.1, 0.15) is 5.56 Å². The standard InChI is InChI=1S/C11H6F3N3O4S/c12-11(13,14)7-1-3-9(15-5-7)22(20,21)10-4-2-8(6-16-10)17(18)19/h1-6H. The van der Waals surface area contributed by atoms with Crippen LogP contribution in [-0.2, 0) is 16.0 Å². The maximum absolute atomic E-state index is 12.4. The SMILES string of the molecule is O=[N+]([O-])c1ccc(S(=O)(=O)c2ccc(C(F)(F)F)cn2)nc1. The van der Waals surface area contributed by atoms with Gasteiger partial charge in [-0.25, -0.2) is 18.4 Å². The van der Waals surface area contributed by atoms with Gasteiger partial charge < -0.3 is 0 Å². The normalized spacial score (nSPS) is 12.1. The van der Waals surface area contributed by atoms with E-state index in [4.69, 9.17) is 0 Å². The molecule has 22 heavy (non-hydrogen) atoms. The van der Waals surface area contributed by atoms with E-state index >= 15 is 0 Å². The predicted molar refractivity (Wildman–Crippen MR) is 65.6 cm³/mol. The minimum Gasteiger partial charge on any atom is -0.258 e. The van der Waals surface area contributed by atoms with Gasteiger partial charge in [-0.05, 0) is 18.2 Å². The Morgan fingerprint density at radius 3 is 1.91 bits per heavy atom. The molecule has 11 heteroatoms. The molecule has 0 saturated carbocycles. The summed E-state index contributed by atoms with van der Waals surface area (Å²) in [7, 11) is -4.26. The highest BCUT2D eigenvalue weighted by Gasteiger charge is 2.31. The number of alkyl halides is 3. The molecule has 2 aromatic rings. The molecule has 0 atom stereocenters. The Morgan fingerprint density at radius 1 is 1.00 bits per heavy atom. The molecule has 0 N–H and O–H groups in total. The number of nitrogens with zero attached hydrogens (tertiary/aromatic N) is 3. The smallest absolute Gasteiger partial charge is 0.258 e. The van der Waals surface area contributed by atoms with E-state index in [1.54, 1.807) is 0 Å². The summed E-state index contributed by atoms with van der Waals surface area (Å²) < 4.78 is 61.4. The van der Waals surface area contributed by atoms with Crippen molar-refractivity contribution >= 4 is 15.5 Å². The van der Waals surface area contributed by atoms with E-state index in [9.17, 15) is 31.7 Å². The number of halogens is 3. The maximum atomic E-state index is 12.4. The maximum Gasteiger partial charge on any atom is 0.417 e. The Kier molecular flexibility index (Phi) is 3.83. The average Bonchev–Trinajstić information content (AvgIpc) is 2.46. The first-order valence-electron chi connectivity index (χ1n) is 5.51. The third kappa shape index (κ3) is 3.03. The van der Waals surface area contributed by atoms with Crippen LogP contribution < -0.4 is 0 Å². The molecular weight excluding hydrogens is 327 g/mol. The van der Waals surface area contributed by atoms with Crippen molar-refractivity contribution in [3.63, 3.8) is 0 Å². The zero-order chi connectivity index (χ0) is 16.5. The summed E-state index contributed by atoms with van der Waals surface area (Å²) in [6.07, 6.45) is -3.52. The van der Waals surface area contributed by atoms with Crippen molar-refractivity contribution in [2.45, 2.75) is 16.2 Å². The molecule has 2 rings (SSSR count). The first kappa shape index (κ1) is 15.8. The van der Waals surface area contributed by atoms with Crippen molar-refractivity contribution in [3.8, 4) is 0 Å². The van der Waals surface area contributed by atoms with Crippen molar-refractivity contribution in [3.05, 3.63) is 52.3 Å². The molecule has 0 spiro atoms. The molecule has 2 aromatic heterocycles. The third-order valence-electron chi connectivity index (χ3n) is 2.55. The minimum absolute atomic E-state index is 0.387. The van der Waals surface area contributed by atoms with Crippen molar-refractivity contribution in [1.82, 2.24) is 9.97 Å². The van der Waals surface area contributed by atoms with Crippen LogP contribution in [-0.4, -0.2) is 23.3 Å². The molecule has 0 radical (unpaired) electrons. The van der Waals surface area contributed by atoms with E-state index in [2.05, 4.69) is 9.97 Å². The van der Waals surface area contributed by atoms with Crippen molar-refractivity contribution in [1.29, 1.82) is 0 Å². The van der Waals surface area contributed by atoms with E-state index in [0.29, 0.717) is 18.3 Å². The van der Waals surface area contributed by atoms with Gasteiger partial charge in [-0.3, -0.25) is 10.1 Å². The molecule has 0 aromatic carbocycles. The molecule has 0 aliphatic rings. The second-order valence-corrected chi connectivity index (χ2v) is 5.84. The summed E-state index contributed by atoms with van der Waals surface area (Å²) >= 11 is 0. The van der Waals surface area contributed by atoms with Crippen LogP contribution in [0.2, 0.25) is 0 Å². The van der Waals surface area contributed by atoms with E-state index < -0.39 is 42.2 Å². The van der Waals surface area contributed by atoms with Gasteiger partial charge in [0.05, 0.1) is 10.5 Å². The first-order chi connectivity index (χ1) is 10.1. The largest absolute Gasteiger partial charge is 0.417 e. The highest BCUT2D eigenvalue weighted by molar-refractivity contribution is 7.91. The lowest BCUT2D eigenvalue weighted by Gasteiger charge is -2.07. The van der Waals surface area contributed by atoms with Crippen LogP contribution in [0.3, 0.4) is 0 Å². The van der Waals surface area contributed by atoms with Gasteiger partial charge in [0.2, 0.25) is 9.84 Å². The average molecular weight is 333 g/mol. The van der Waals surface area contributed by atoms with Gasteiger partial charge in [0.25, 0.3) is 5.69 Å². The molecular formula is C11H6F3N3O4S. The molecule has 0 saturated heterocycles. The van der Waals surface area contributed by atoms with Crippen LogP contribution in [0.25, 0.3) is 0 Å². The molecule has 0 bridgehead atoms. The zero-order valence-corrected chi connectivity index (χ0v) is 11.3.